The van der Waals surface area contributed by atoms with Crippen LogP contribution in [0, 0.1) is 0 Å². The lowest BCUT2D eigenvalue weighted by atomic mass is 10.1. The molecule has 2 atom stereocenters. The minimum absolute atomic E-state index is 0.0776. The van der Waals surface area contributed by atoms with E-state index in [0.29, 0.717) is 0 Å². The summed E-state index contributed by atoms with van der Waals surface area (Å²) in [6, 6.07) is 9.65. The molecule has 0 radical (unpaired) electrons. The predicted molar refractivity (Wildman–Crippen MR) is 60.0 cm³/mol. The molecular formula is C9H9Br2NO. The van der Waals surface area contributed by atoms with E-state index in [9.17, 15) is 4.79 Å². The number of benzene rings is 1. The van der Waals surface area contributed by atoms with Crippen molar-refractivity contribution in [2.75, 3.05) is 0 Å². The van der Waals surface area contributed by atoms with Crippen molar-refractivity contribution in [3.8, 4) is 0 Å². The lowest BCUT2D eigenvalue weighted by molar-refractivity contribution is -0.117. The van der Waals surface area contributed by atoms with Crippen molar-refractivity contribution in [1.82, 2.24) is 0 Å². The van der Waals surface area contributed by atoms with E-state index in [-0.39, 0.29) is 15.6 Å². The van der Waals surface area contributed by atoms with E-state index in [0.717, 1.165) is 5.56 Å². The highest BCUT2D eigenvalue weighted by Crippen LogP contribution is 2.30. The van der Waals surface area contributed by atoms with Gasteiger partial charge >= 0.3 is 0 Å². The Bertz CT molecular complexity index is 289. The molecule has 0 bridgehead atoms. The molecule has 0 aliphatic carbocycles. The second kappa shape index (κ2) is 4.77. The average Bonchev–Trinajstić information content (AvgIpc) is 2.17. The van der Waals surface area contributed by atoms with Gasteiger partial charge in [0.2, 0.25) is 5.91 Å². The smallest absolute Gasteiger partial charge is 0.232 e. The molecule has 0 saturated heterocycles. The summed E-state index contributed by atoms with van der Waals surface area (Å²) in [5.74, 6) is -0.370. The maximum atomic E-state index is 10.9. The van der Waals surface area contributed by atoms with Crippen molar-refractivity contribution in [2.24, 2.45) is 5.73 Å². The highest BCUT2D eigenvalue weighted by Gasteiger charge is 2.22. The maximum Gasteiger partial charge on any atom is 0.232 e. The molecule has 70 valence electrons. The molecule has 0 heterocycles. The van der Waals surface area contributed by atoms with Gasteiger partial charge in [-0.05, 0) is 5.56 Å². The number of hydrogen-bond acceptors (Lipinski definition) is 1. The predicted octanol–water partition coefficient (Wildman–Crippen LogP) is 2.37. The Hall–Kier alpha value is -0.350. The second-order valence-corrected chi connectivity index (χ2v) is 4.59. The lowest BCUT2D eigenvalue weighted by Gasteiger charge is -2.13. The van der Waals surface area contributed by atoms with Gasteiger partial charge in [0.1, 0.15) is 4.83 Å². The topological polar surface area (TPSA) is 43.1 Å². The summed E-state index contributed by atoms with van der Waals surface area (Å²) in [4.78, 5) is 10.4. The Labute approximate surface area is 93.8 Å². The number of nitrogens with two attached hydrogens (primary N) is 1. The van der Waals surface area contributed by atoms with Crippen molar-refractivity contribution in [3.63, 3.8) is 0 Å². The quantitative estimate of drug-likeness (QED) is 0.856. The molecule has 2 N–H and O–H groups in total. The molecule has 0 aliphatic rings. The van der Waals surface area contributed by atoms with Crippen LogP contribution in [0.5, 0.6) is 0 Å². The van der Waals surface area contributed by atoms with Crippen LogP contribution in [-0.2, 0) is 4.79 Å². The zero-order valence-electron chi connectivity index (χ0n) is 6.78. The summed E-state index contributed by atoms with van der Waals surface area (Å²) in [6.45, 7) is 0. The van der Waals surface area contributed by atoms with E-state index in [4.69, 9.17) is 5.73 Å². The van der Waals surface area contributed by atoms with Gasteiger partial charge in [-0.15, -0.1) is 0 Å². The third-order valence-corrected chi connectivity index (χ3v) is 4.39. The molecule has 1 rings (SSSR count). The van der Waals surface area contributed by atoms with Gasteiger partial charge in [0.15, 0.2) is 0 Å². The van der Waals surface area contributed by atoms with Crippen molar-refractivity contribution in [3.05, 3.63) is 35.9 Å². The highest BCUT2D eigenvalue weighted by molar-refractivity contribution is 9.12. The number of amides is 1. The van der Waals surface area contributed by atoms with Gasteiger partial charge in [0.25, 0.3) is 0 Å². The van der Waals surface area contributed by atoms with Crippen LogP contribution in [0.2, 0.25) is 0 Å². The summed E-state index contributed by atoms with van der Waals surface area (Å²) in [5, 5.41) is 0. The fourth-order valence-electron chi connectivity index (χ4n) is 0.950. The molecule has 0 spiro atoms. The number of carbonyl (C=O) groups is 1. The molecule has 2 nitrogen and oxygen atoms in total. The van der Waals surface area contributed by atoms with Crippen LogP contribution < -0.4 is 5.73 Å². The molecule has 0 unspecified atom stereocenters. The first kappa shape index (κ1) is 10.7. The minimum atomic E-state index is -0.380. The molecule has 1 aromatic carbocycles. The molecule has 0 fully saturated rings. The number of hydrogen-bond donors (Lipinski definition) is 1. The first-order chi connectivity index (χ1) is 6.13. The van der Waals surface area contributed by atoms with Crippen LogP contribution in [0.3, 0.4) is 0 Å². The molecular weight excluding hydrogens is 298 g/mol. The molecule has 4 heteroatoms. The fourth-order valence-corrected chi connectivity index (χ4v) is 1.82. The van der Waals surface area contributed by atoms with Crippen molar-refractivity contribution < 1.29 is 4.79 Å². The van der Waals surface area contributed by atoms with Gasteiger partial charge < -0.3 is 5.73 Å². The Balaban J connectivity index is 2.79. The Morgan fingerprint density at radius 3 is 2.23 bits per heavy atom. The third-order valence-electron chi connectivity index (χ3n) is 1.65. The summed E-state index contributed by atoms with van der Waals surface area (Å²) in [7, 11) is 0. The second-order valence-electron chi connectivity index (χ2n) is 2.62. The number of alkyl halides is 2. The Morgan fingerprint density at radius 1 is 1.23 bits per heavy atom. The molecule has 1 aromatic rings. The normalized spacial score (nSPS) is 14.9. The van der Waals surface area contributed by atoms with Gasteiger partial charge in [-0.25, -0.2) is 0 Å². The lowest BCUT2D eigenvalue weighted by Crippen LogP contribution is -2.26. The van der Waals surface area contributed by atoms with Gasteiger partial charge in [-0.3, -0.25) is 4.79 Å². The van der Waals surface area contributed by atoms with E-state index in [1.54, 1.807) is 0 Å². The van der Waals surface area contributed by atoms with Crippen molar-refractivity contribution >= 4 is 37.8 Å². The average molecular weight is 307 g/mol. The van der Waals surface area contributed by atoms with Crippen LogP contribution in [0.1, 0.15) is 10.4 Å². The monoisotopic (exact) mass is 305 g/mol. The number of primary amides is 1. The van der Waals surface area contributed by atoms with Gasteiger partial charge in [0, 0.05) is 0 Å². The Morgan fingerprint density at radius 2 is 1.77 bits per heavy atom. The number of halogens is 2. The van der Waals surface area contributed by atoms with Crippen LogP contribution in [0.4, 0.5) is 0 Å². The van der Waals surface area contributed by atoms with Crippen LogP contribution in [0.25, 0.3) is 0 Å². The minimum Gasteiger partial charge on any atom is -0.369 e. The third kappa shape index (κ3) is 2.81. The molecule has 0 saturated carbocycles. The van der Waals surface area contributed by atoms with E-state index < -0.39 is 0 Å². The van der Waals surface area contributed by atoms with E-state index in [2.05, 4.69) is 31.9 Å². The van der Waals surface area contributed by atoms with Crippen molar-refractivity contribution in [2.45, 2.75) is 9.65 Å². The number of carbonyl (C=O) groups excluding carboxylic acids is 1. The molecule has 1 amide bonds. The first-order valence-electron chi connectivity index (χ1n) is 3.75. The van der Waals surface area contributed by atoms with Crippen LogP contribution in [0.15, 0.2) is 30.3 Å². The van der Waals surface area contributed by atoms with Crippen molar-refractivity contribution in [1.29, 1.82) is 0 Å². The standard InChI is InChI=1S/C9H9Br2NO/c10-7(8(11)9(12)13)6-4-2-1-3-5-6/h1-5,7-8H,(H2,12,13)/t7-,8-/m1/s1. The van der Waals surface area contributed by atoms with E-state index in [1.807, 2.05) is 30.3 Å². The fraction of sp³-hybridized carbons (Fsp3) is 0.222. The molecule has 13 heavy (non-hydrogen) atoms. The SMILES string of the molecule is NC(=O)[C@H](Br)[C@H](Br)c1ccccc1. The largest absolute Gasteiger partial charge is 0.369 e. The zero-order valence-corrected chi connectivity index (χ0v) is 9.95. The summed E-state index contributed by atoms with van der Waals surface area (Å²) >= 11 is 6.63. The van der Waals surface area contributed by atoms with E-state index in [1.165, 1.54) is 0 Å². The van der Waals surface area contributed by atoms with Gasteiger partial charge in [-0.1, -0.05) is 62.2 Å². The molecule has 0 aromatic heterocycles. The Kier molecular flexibility index (Phi) is 3.93. The number of rotatable bonds is 3. The zero-order chi connectivity index (χ0) is 9.84. The summed E-state index contributed by atoms with van der Waals surface area (Å²) in [6.07, 6.45) is 0. The van der Waals surface area contributed by atoms with E-state index >= 15 is 0 Å². The summed E-state index contributed by atoms with van der Waals surface area (Å²) in [5.41, 5.74) is 6.19. The first-order valence-corrected chi connectivity index (χ1v) is 5.58. The van der Waals surface area contributed by atoms with Gasteiger partial charge in [0.05, 0.1) is 4.83 Å². The molecule has 0 aliphatic heterocycles. The van der Waals surface area contributed by atoms with Crippen LogP contribution >= 0.6 is 31.9 Å². The summed E-state index contributed by atoms with van der Waals surface area (Å²) < 4.78 is 0. The highest BCUT2D eigenvalue weighted by atomic mass is 79.9. The van der Waals surface area contributed by atoms with Crippen LogP contribution in [-0.4, -0.2) is 10.7 Å². The maximum absolute atomic E-state index is 10.9. The van der Waals surface area contributed by atoms with Gasteiger partial charge in [-0.2, -0.15) is 0 Å².